The number of hydrogen-bond donors (Lipinski definition) is 2. The first-order chi connectivity index (χ1) is 18.6. The maximum atomic E-state index is 13.8. The number of alkyl halides is 3. The molecule has 0 spiro atoms. The highest BCUT2D eigenvalue weighted by molar-refractivity contribution is 7.21. The summed E-state index contributed by atoms with van der Waals surface area (Å²) in [5.41, 5.74) is 5.50. The number of amides is 2. The normalized spacial score (nSPS) is 12.6. The smallest absolute Gasteiger partial charge is 0.365 e. The van der Waals surface area contributed by atoms with Gasteiger partial charge in [-0.25, -0.2) is 4.98 Å². The number of carbonyl (C=O) groups is 2. The standard InChI is InChI=1S/C24H25F3N8O4S/c1-6-33-9-15(11(3)31-33)14-7-16(24(25,26)27)29-23-17(14)18(20(40-23)21(28)36)30-22(37)10(2)8-34-13(5)19(35(38)39)12(4)32-34/h7,9-10H,6,8H2,1-5H3,(H2,28,36)(H,30,37). The molecule has 0 saturated heterocycles. The van der Waals surface area contributed by atoms with Crippen molar-refractivity contribution < 1.29 is 27.7 Å². The van der Waals surface area contributed by atoms with E-state index in [0.717, 1.165) is 6.07 Å². The quantitative estimate of drug-likeness (QED) is 0.228. The Balaban J connectivity index is 1.83. The number of nitrogens with zero attached hydrogens (tertiary/aromatic N) is 6. The van der Waals surface area contributed by atoms with Crippen LogP contribution in [0.5, 0.6) is 0 Å². The van der Waals surface area contributed by atoms with Crippen molar-refractivity contribution in [1.29, 1.82) is 0 Å². The number of nitro groups is 1. The lowest BCUT2D eigenvalue weighted by Gasteiger charge is -2.15. The van der Waals surface area contributed by atoms with E-state index in [1.165, 1.54) is 18.5 Å². The molecule has 0 fully saturated rings. The molecule has 1 unspecified atom stereocenters. The number of aryl methyl sites for hydroxylation is 3. The number of rotatable bonds is 8. The molecule has 4 rings (SSSR count). The summed E-state index contributed by atoms with van der Waals surface area (Å²) in [6, 6.07) is 0.859. The molecule has 3 N–H and O–H groups in total. The van der Waals surface area contributed by atoms with Crippen molar-refractivity contribution in [3.05, 3.63) is 50.0 Å². The highest BCUT2D eigenvalue weighted by Gasteiger charge is 2.36. The number of primary amides is 1. The lowest BCUT2D eigenvalue weighted by Crippen LogP contribution is -2.26. The van der Waals surface area contributed by atoms with Crippen LogP contribution < -0.4 is 11.1 Å². The molecule has 4 aromatic rings. The Hall–Kier alpha value is -4.34. The molecule has 0 aliphatic carbocycles. The number of thiophene rings is 1. The summed E-state index contributed by atoms with van der Waals surface area (Å²) in [5.74, 6) is -2.38. The molecule has 2 amide bonds. The third kappa shape index (κ3) is 5.13. The number of pyridine rings is 1. The molecule has 0 saturated carbocycles. The van der Waals surface area contributed by atoms with Crippen molar-refractivity contribution in [2.75, 3.05) is 5.32 Å². The number of aromatic nitrogens is 5. The Labute approximate surface area is 229 Å². The Morgan fingerprint density at radius 1 is 1.20 bits per heavy atom. The van der Waals surface area contributed by atoms with Gasteiger partial charge in [0, 0.05) is 23.7 Å². The van der Waals surface area contributed by atoms with Gasteiger partial charge in [-0.2, -0.15) is 23.4 Å². The van der Waals surface area contributed by atoms with Crippen molar-refractivity contribution >= 4 is 44.7 Å². The van der Waals surface area contributed by atoms with Crippen LogP contribution in [0.15, 0.2) is 12.3 Å². The second kappa shape index (κ2) is 10.3. The van der Waals surface area contributed by atoms with E-state index in [4.69, 9.17) is 5.73 Å². The molecular weight excluding hydrogens is 553 g/mol. The topological polar surface area (TPSA) is 164 Å². The molecule has 12 nitrogen and oxygen atoms in total. The van der Waals surface area contributed by atoms with Crippen molar-refractivity contribution in [3.8, 4) is 11.1 Å². The van der Waals surface area contributed by atoms with Gasteiger partial charge in [0.2, 0.25) is 5.91 Å². The first-order valence-electron chi connectivity index (χ1n) is 12.0. The van der Waals surface area contributed by atoms with Gasteiger partial charge in [-0.3, -0.25) is 29.1 Å². The van der Waals surface area contributed by atoms with Crippen LogP contribution in [-0.2, 0) is 24.1 Å². The average Bonchev–Trinajstić information content (AvgIpc) is 3.50. The van der Waals surface area contributed by atoms with E-state index in [9.17, 15) is 32.9 Å². The molecule has 0 aliphatic heterocycles. The molecule has 4 aromatic heterocycles. The maximum Gasteiger partial charge on any atom is 0.433 e. The minimum atomic E-state index is -4.78. The fourth-order valence-electron chi connectivity index (χ4n) is 4.41. The van der Waals surface area contributed by atoms with E-state index in [1.54, 1.807) is 24.7 Å². The van der Waals surface area contributed by atoms with Crippen molar-refractivity contribution in [2.24, 2.45) is 11.7 Å². The van der Waals surface area contributed by atoms with E-state index in [2.05, 4.69) is 20.5 Å². The number of nitrogens with two attached hydrogens (primary N) is 1. The number of hydrogen-bond acceptors (Lipinski definition) is 8. The van der Waals surface area contributed by atoms with Crippen molar-refractivity contribution in [2.45, 2.75) is 53.9 Å². The zero-order valence-electron chi connectivity index (χ0n) is 22.1. The summed E-state index contributed by atoms with van der Waals surface area (Å²) < 4.78 is 44.3. The van der Waals surface area contributed by atoms with E-state index in [0.29, 0.717) is 29.1 Å². The number of halogens is 3. The minimum Gasteiger partial charge on any atom is -0.365 e. The van der Waals surface area contributed by atoms with Gasteiger partial charge in [-0.15, -0.1) is 11.3 Å². The molecule has 0 aromatic carbocycles. The van der Waals surface area contributed by atoms with Crippen LogP contribution in [0.4, 0.5) is 24.5 Å². The largest absolute Gasteiger partial charge is 0.433 e. The van der Waals surface area contributed by atoms with E-state index in [1.807, 2.05) is 6.92 Å². The fourth-order valence-corrected chi connectivity index (χ4v) is 5.42. The number of anilines is 1. The highest BCUT2D eigenvalue weighted by Crippen LogP contribution is 2.44. The molecule has 0 aliphatic rings. The summed E-state index contributed by atoms with van der Waals surface area (Å²) in [7, 11) is 0. The van der Waals surface area contributed by atoms with Gasteiger partial charge in [0.05, 0.1) is 28.8 Å². The zero-order chi connectivity index (χ0) is 29.7. The van der Waals surface area contributed by atoms with Gasteiger partial charge in [-0.1, -0.05) is 6.92 Å². The van der Waals surface area contributed by atoms with Crippen LogP contribution in [0, 0.1) is 36.8 Å². The van der Waals surface area contributed by atoms with E-state index < -0.39 is 34.5 Å². The van der Waals surface area contributed by atoms with E-state index >= 15 is 0 Å². The Morgan fingerprint density at radius 2 is 1.88 bits per heavy atom. The minimum absolute atomic E-state index is 0.0357. The van der Waals surface area contributed by atoms with Crippen molar-refractivity contribution in [3.63, 3.8) is 0 Å². The van der Waals surface area contributed by atoms with Crippen LogP contribution in [-0.4, -0.2) is 41.3 Å². The second-order valence-corrected chi connectivity index (χ2v) is 10.2. The third-order valence-electron chi connectivity index (χ3n) is 6.41. The van der Waals surface area contributed by atoms with Crippen LogP contribution in [0.1, 0.15) is 46.3 Å². The third-order valence-corrected chi connectivity index (χ3v) is 7.50. The fraction of sp³-hybridized carbons (Fsp3) is 0.375. The second-order valence-electron chi connectivity index (χ2n) is 9.24. The SMILES string of the molecule is CCn1cc(-c2cc(C(F)(F)F)nc3sc(C(N)=O)c(NC(=O)C(C)Cn4nc(C)c([N+](=O)[O-])c4C)c23)c(C)n1. The highest BCUT2D eigenvalue weighted by atomic mass is 32.1. The van der Waals surface area contributed by atoms with Gasteiger partial charge >= 0.3 is 11.9 Å². The monoisotopic (exact) mass is 578 g/mol. The molecule has 0 bridgehead atoms. The lowest BCUT2D eigenvalue weighted by molar-refractivity contribution is -0.386. The molecule has 0 radical (unpaired) electrons. The van der Waals surface area contributed by atoms with Crippen LogP contribution in [0.25, 0.3) is 21.3 Å². The van der Waals surface area contributed by atoms with Gasteiger partial charge in [0.1, 0.15) is 26.8 Å². The first-order valence-corrected chi connectivity index (χ1v) is 12.8. The Bertz CT molecular complexity index is 1670. The van der Waals surface area contributed by atoms with Gasteiger partial charge in [0.25, 0.3) is 5.91 Å². The summed E-state index contributed by atoms with van der Waals surface area (Å²) in [6.07, 6.45) is -3.20. The predicted molar refractivity (Wildman–Crippen MR) is 141 cm³/mol. The predicted octanol–water partition coefficient (Wildman–Crippen LogP) is 4.60. The van der Waals surface area contributed by atoms with Crippen LogP contribution in [0.3, 0.4) is 0 Å². The molecule has 16 heteroatoms. The van der Waals surface area contributed by atoms with Crippen molar-refractivity contribution in [1.82, 2.24) is 24.5 Å². The average molecular weight is 579 g/mol. The lowest BCUT2D eigenvalue weighted by atomic mass is 10.0. The summed E-state index contributed by atoms with van der Waals surface area (Å²) in [4.78, 5) is 39.9. The van der Waals surface area contributed by atoms with E-state index in [-0.39, 0.29) is 50.0 Å². The van der Waals surface area contributed by atoms with Crippen LogP contribution >= 0.6 is 11.3 Å². The summed E-state index contributed by atoms with van der Waals surface area (Å²) >= 11 is 0.638. The molecule has 4 heterocycles. The summed E-state index contributed by atoms with van der Waals surface area (Å²) in [5, 5.41) is 22.6. The van der Waals surface area contributed by atoms with Gasteiger partial charge < -0.3 is 11.1 Å². The molecule has 40 heavy (non-hydrogen) atoms. The van der Waals surface area contributed by atoms with Crippen LogP contribution in [0.2, 0.25) is 0 Å². The maximum absolute atomic E-state index is 13.8. The molecular formula is C24H25F3N8O4S. The Morgan fingerprint density at radius 3 is 2.40 bits per heavy atom. The number of carbonyl (C=O) groups excluding carboxylic acids is 2. The first kappa shape index (κ1) is 28.7. The number of fused-ring (bicyclic) bond motifs is 1. The zero-order valence-corrected chi connectivity index (χ0v) is 22.9. The molecule has 212 valence electrons. The number of nitrogens with one attached hydrogen (secondary N) is 1. The Kier molecular flexibility index (Phi) is 7.40. The van der Waals surface area contributed by atoms with Gasteiger partial charge in [0.15, 0.2) is 0 Å². The molecule has 1 atom stereocenters. The van der Waals surface area contributed by atoms with Gasteiger partial charge in [-0.05, 0) is 39.3 Å². The summed E-state index contributed by atoms with van der Waals surface area (Å²) in [6.45, 7) is 8.42.